The molecule has 1 aromatic carbocycles. The zero-order valence-electron chi connectivity index (χ0n) is 6.77. The van der Waals surface area contributed by atoms with Crippen molar-refractivity contribution in [3.63, 3.8) is 0 Å². The molecular formula is C8HF6N. The average Bonchev–Trinajstić information content (AvgIpc) is 2.50. The zero-order chi connectivity index (χ0) is 11.3. The number of rotatable bonds is 0. The summed E-state index contributed by atoms with van der Waals surface area (Å²) in [5.41, 5.74) is -1.08. The predicted molar refractivity (Wildman–Crippen MR) is 38.0 cm³/mol. The van der Waals surface area contributed by atoms with Crippen molar-refractivity contribution in [3.8, 4) is 0 Å². The summed E-state index contributed by atoms with van der Waals surface area (Å²) in [6.45, 7) is 0. The monoisotopic (exact) mass is 225 g/mol. The van der Waals surface area contributed by atoms with Crippen LogP contribution in [0.25, 0.3) is 10.9 Å². The van der Waals surface area contributed by atoms with Crippen molar-refractivity contribution in [2.24, 2.45) is 0 Å². The standard InChI is InChI=1S/C8HF6N/c9-2-1-3(10)8(14)15-7(1)6(13)5(12)4(2)11/h15H. The molecule has 80 valence electrons. The summed E-state index contributed by atoms with van der Waals surface area (Å²) < 4.78 is 76.4. The summed E-state index contributed by atoms with van der Waals surface area (Å²) in [6, 6.07) is 0. The lowest BCUT2D eigenvalue weighted by Gasteiger charge is -1.99. The molecule has 0 saturated carbocycles. The van der Waals surface area contributed by atoms with E-state index in [1.165, 1.54) is 4.98 Å². The first-order valence-electron chi connectivity index (χ1n) is 3.63. The molecule has 0 amide bonds. The first-order chi connectivity index (χ1) is 6.95. The van der Waals surface area contributed by atoms with Crippen LogP contribution in [0, 0.1) is 35.0 Å². The van der Waals surface area contributed by atoms with E-state index in [1.807, 2.05) is 0 Å². The quantitative estimate of drug-likeness (QED) is 0.403. The Morgan fingerprint density at radius 1 is 0.600 bits per heavy atom. The molecule has 0 aliphatic carbocycles. The number of aromatic nitrogens is 1. The van der Waals surface area contributed by atoms with Gasteiger partial charge in [-0.3, -0.25) is 0 Å². The minimum atomic E-state index is -2.18. The second-order valence-corrected chi connectivity index (χ2v) is 2.76. The van der Waals surface area contributed by atoms with Crippen molar-refractivity contribution in [2.45, 2.75) is 0 Å². The SMILES string of the molecule is Fc1[nH]c2c(F)c(F)c(F)c(F)c2c1F. The van der Waals surface area contributed by atoms with Crippen molar-refractivity contribution >= 4 is 10.9 Å². The van der Waals surface area contributed by atoms with Crippen LogP contribution in [0.1, 0.15) is 0 Å². The number of hydrogen-bond acceptors (Lipinski definition) is 0. The maximum atomic E-state index is 12.9. The molecular weight excluding hydrogens is 224 g/mol. The number of H-pyrrole nitrogens is 1. The third-order valence-electron chi connectivity index (χ3n) is 1.91. The molecule has 0 unspecified atom stereocenters. The van der Waals surface area contributed by atoms with Crippen LogP contribution in [0.15, 0.2) is 0 Å². The fourth-order valence-corrected chi connectivity index (χ4v) is 1.23. The van der Waals surface area contributed by atoms with Crippen LogP contribution in [0.3, 0.4) is 0 Å². The molecule has 1 nitrogen and oxygen atoms in total. The van der Waals surface area contributed by atoms with Crippen LogP contribution in [0.4, 0.5) is 26.3 Å². The molecule has 0 radical (unpaired) electrons. The van der Waals surface area contributed by atoms with Crippen molar-refractivity contribution in [1.82, 2.24) is 4.98 Å². The number of hydrogen-bond donors (Lipinski definition) is 1. The van der Waals surface area contributed by atoms with E-state index in [2.05, 4.69) is 0 Å². The normalized spacial score (nSPS) is 11.3. The van der Waals surface area contributed by atoms with Crippen LogP contribution in [0.5, 0.6) is 0 Å². The molecule has 0 bridgehead atoms. The van der Waals surface area contributed by atoms with Gasteiger partial charge in [0, 0.05) is 0 Å². The van der Waals surface area contributed by atoms with E-state index in [4.69, 9.17) is 0 Å². The lowest BCUT2D eigenvalue weighted by Crippen LogP contribution is -1.97. The molecule has 15 heavy (non-hydrogen) atoms. The summed E-state index contributed by atoms with van der Waals surface area (Å²) >= 11 is 0. The van der Waals surface area contributed by atoms with Gasteiger partial charge < -0.3 is 4.98 Å². The lowest BCUT2D eigenvalue weighted by molar-refractivity contribution is 0.416. The largest absolute Gasteiger partial charge is 0.326 e. The Morgan fingerprint density at radius 2 is 1.13 bits per heavy atom. The first-order valence-corrected chi connectivity index (χ1v) is 3.63. The highest BCUT2D eigenvalue weighted by molar-refractivity contribution is 5.81. The van der Waals surface area contributed by atoms with Crippen molar-refractivity contribution in [2.75, 3.05) is 0 Å². The Balaban J connectivity index is 3.07. The third kappa shape index (κ3) is 1.12. The molecule has 7 heteroatoms. The minimum Gasteiger partial charge on any atom is -0.326 e. The van der Waals surface area contributed by atoms with Crippen LogP contribution in [0.2, 0.25) is 0 Å². The lowest BCUT2D eigenvalue weighted by atomic mass is 10.2. The van der Waals surface area contributed by atoms with Gasteiger partial charge in [-0.25, -0.2) is 22.0 Å². The molecule has 0 aliphatic rings. The number of aromatic amines is 1. The Morgan fingerprint density at radius 3 is 1.73 bits per heavy atom. The fraction of sp³-hybridized carbons (Fsp3) is 0. The van der Waals surface area contributed by atoms with Gasteiger partial charge in [0.1, 0.15) is 0 Å². The number of benzene rings is 1. The van der Waals surface area contributed by atoms with Crippen LogP contribution >= 0.6 is 0 Å². The van der Waals surface area contributed by atoms with Gasteiger partial charge in [0.15, 0.2) is 29.1 Å². The van der Waals surface area contributed by atoms with Crippen molar-refractivity contribution in [1.29, 1.82) is 0 Å². The second kappa shape index (κ2) is 2.91. The van der Waals surface area contributed by atoms with Crippen LogP contribution < -0.4 is 0 Å². The minimum absolute atomic E-state index is 1.08. The molecule has 2 aromatic rings. The van der Waals surface area contributed by atoms with E-state index in [0.29, 0.717) is 0 Å². The van der Waals surface area contributed by atoms with E-state index >= 15 is 0 Å². The Hall–Kier alpha value is -1.66. The summed E-state index contributed by atoms with van der Waals surface area (Å²) in [5, 5.41) is -1.27. The second-order valence-electron chi connectivity index (χ2n) is 2.76. The average molecular weight is 225 g/mol. The molecule has 0 saturated heterocycles. The van der Waals surface area contributed by atoms with Crippen molar-refractivity contribution in [3.05, 3.63) is 35.0 Å². The van der Waals surface area contributed by atoms with Gasteiger partial charge in [0.2, 0.25) is 5.95 Å². The molecule has 1 heterocycles. The summed E-state index contributed by atoms with van der Waals surface area (Å²) in [7, 11) is 0. The van der Waals surface area contributed by atoms with E-state index in [-0.39, 0.29) is 0 Å². The maximum absolute atomic E-state index is 12.9. The number of fused-ring (bicyclic) bond motifs is 1. The summed E-state index contributed by atoms with van der Waals surface area (Å²) in [5.74, 6) is -11.6. The van der Waals surface area contributed by atoms with Gasteiger partial charge in [-0.15, -0.1) is 0 Å². The number of nitrogens with one attached hydrogen (secondary N) is 1. The molecule has 0 spiro atoms. The van der Waals surface area contributed by atoms with E-state index < -0.39 is 45.9 Å². The fourth-order valence-electron chi connectivity index (χ4n) is 1.23. The highest BCUT2D eigenvalue weighted by atomic mass is 19.2. The smallest absolute Gasteiger partial charge is 0.228 e. The van der Waals surface area contributed by atoms with E-state index in [9.17, 15) is 26.3 Å². The first kappa shape index (κ1) is 9.88. The summed E-state index contributed by atoms with van der Waals surface area (Å²) in [6.07, 6.45) is 0. The van der Waals surface area contributed by atoms with E-state index in [0.717, 1.165) is 0 Å². The molecule has 0 fully saturated rings. The van der Waals surface area contributed by atoms with Crippen LogP contribution in [-0.2, 0) is 0 Å². The Labute approximate surface area is 78.3 Å². The van der Waals surface area contributed by atoms with E-state index in [1.54, 1.807) is 0 Å². The van der Waals surface area contributed by atoms with Crippen LogP contribution in [-0.4, -0.2) is 4.98 Å². The van der Waals surface area contributed by atoms with Gasteiger partial charge in [-0.1, -0.05) is 0 Å². The van der Waals surface area contributed by atoms with Crippen molar-refractivity contribution < 1.29 is 26.3 Å². The Bertz CT molecular complexity index is 558. The molecule has 1 N–H and O–H groups in total. The van der Waals surface area contributed by atoms with Gasteiger partial charge in [0.05, 0.1) is 10.9 Å². The van der Waals surface area contributed by atoms with Gasteiger partial charge in [-0.2, -0.15) is 4.39 Å². The topological polar surface area (TPSA) is 15.8 Å². The molecule has 1 aromatic heterocycles. The van der Waals surface area contributed by atoms with Gasteiger partial charge >= 0.3 is 0 Å². The zero-order valence-corrected chi connectivity index (χ0v) is 6.77. The molecule has 0 atom stereocenters. The highest BCUT2D eigenvalue weighted by Gasteiger charge is 2.26. The predicted octanol–water partition coefficient (Wildman–Crippen LogP) is 3.00. The number of halogens is 6. The summed E-state index contributed by atoms with van der Waals surface area (Å²) in [4.78, 5) is 1.44. The maximum Gasteiger partial charge on any atom is 0.228 e. The highest BCUT2D eigenvalue weighted by Crippen LogP contribution is 2.29. The third-order valence-corrected chi connectivity index (χ3v) is 1.91. The molecule has 2 rings (SSSR count). The van der Waals surface area contributed by atoms with Gasteiger partial charge in [-0.05, 0) is 0 Å². The van der Waals surface area contributed by atoms with Gasteiger partial charge in [0.25, 0.3) is 0 Å². The molecule has 0 aliphatic heterocycles. The Kier molecular flexibility index (Phi) is 1.92.